The zero-order chi connectivity index (χ0) is 12.3. The number of hydrogen-bond acceptors (Lipinski definition) is 2. The molecule has 0 aliphatic rings. The van der Waals surface area contributed by atoms with Gasteiger partial charge in [0.1, 0.15) is 11.5 Å². The van der Waals surface area contributed by atoms with Gasteiger partial charge in [0, 0.05) is 6.07 Å². The highest BCUT2D eigenvalue weighted by Crippen LogP contribution is 2.29. The largest absolute Gasteiger partial charge is 0.497 e. The van der Waals surface area contributed by atoms with Gasteiger partial charge in [0.15, 0.2) is 0 Å². The lowest BCUT2D eigenvalue weighted by Crippen LogP contribution is -1.89. The quantitative estimate of drug-likeness (QED) is 0.797. The van der Waals surface area contributed by atoms with E-state index in [1.54, 1.807) is 14.2 Å². The SMILES string of the molecule is COc1cc(OC)cc(-c2cccc(C)c2)c1. The molecule has 0 spiro atoms. The molecule has 17 heavy (non-hydrogen) atoms. The third kappa shape index (κ3) is 2.59. The molecule has 2 rings (SSSR count). The van der Waals surface area contributed by atoms with Crippen LogP contribution in [0, 0.1) is 6.92 Å². The molecule has 0 saturated carbocycles. The molecule has 0 heterocycles. The average Bonchev–Trinajstić information content (AvgIpc) is 2.38. The first-order valence-electron chi connectivity index (χ1n) is 5.53. The summed E-state index contributed by atoms with van der Waals surface area (Å²) in [4.78, 5) is 0. The van der Waals surface area contributed by atoms with E-state index in [2.05, 4.69) is 31.2 Å². The van der Waals surface area contributed by atoms with Crippen molar-refractivity contribution in [3.05, 3.63) is 48.0 Å². The van der Waals surface area contributed by atoms with Crippen molar-refractivity contribution in [3.63, 3.8) is 0 Å². The van der Waals surface area contributed by atoms with Gasteiger partial charge in [0.05, 0.1) is 14.2 Å². The molecule has 0 unspecified atom stereocenters. The Balaban J connectivity index is 2.50. The molecule has 0 aromatic heterocycles. The molecule has 0 bridgehead atoms. The molecular weight excluding hydrogens is 212 g/mol. The average molecular weight is 228 g/mol. The number of hydrogen-bond donors (Lipinski definition) is 0. The van der Waals surface area contributed by atoms with E-state index in [4.69, 9.17) is 9.47 Å². The van der Waals surface area contributed by atoms with Gasteiger partial charge in [-0.1, -0.05) is 29.8 Å². The highest BCUT2D eigenvalue weighted by Gasteiger charge is 2.04. The van der Waals surface area contributed by atoms with Crippen LogP contribution >= 0.6 is 0 Å². The molecule has 0 amide bonds. The lowest BCUT2D eigenvalue weighted by Gasteiger charge is -2.09. The Morgan fingerprint density at radius 3 is 1.94 bits per heavy atom. The topological polar surface area (TPSA) is 18.5 Å². The van der Waals surface area contributed by atoms with Crippen LogP contribution in [0.2, 0.25) is 0 Å². The lowest BCUT2D eigenvalue weighted by atomic mass is 10.0. The second-order valence-electron chi connectivity index (χ2n) is 3.97. The summed E-state index contributed by atoms with van der Waals surface area (Å²) in [5, 5.41) is 0. The predicted octanol–water partition coefficient (Wildman–Crippen LogP) is 3.68. The summed E-state index contributed by atoms with van der Waals surface area (Å²) in [6, 6.07) is 14.3. The van der Waals surface area contributed by atoms with E-state index in [1.807, 2.05) is 18.2 Å². The lowest BCUT2D eigenvalue weighted by molar-refractivity contribution is 0.394. The van der Waals surface area contributed by atoms with Crippen molar-refractivity contribution in [2.24, 2.45) is 0 Å². The summed E-state index contributed by atoms with van der Waals surface area (Å²) in [6.45, 7) is 2.08. The second-order valence-corrected chi connectivity index (χ2v) is 3.97. The van der Waals surface area contributed by atoms with Crippen LogP contribution in [0.25, 0.3) is 11.1 Å². The van der Waals surface area contributed by atoms with Gasteiger partial charge in [-0.05, 0) is 30.2 Å². The molecule has 88 valence electrons. The van der Waals surface area contributed by atoms with Gasteiger partial charge in [-0.15, -0.1) is 0 Å². The molecule has 2 aromatic rings. The van der Waals surface area contributed by atoms with Crippen molar-refractivity contribution in [2.75, 3.05) is 14.2 Å². The van der Waals surface area contributed by atoms with Gasteiger partial charge >= 0.3 is 0 Å². The fraction of sp³-hybridized carbons (Fsp3) is 0.200. The van der Waals surface area contributed by atoms with Gasteiger partial charge in [-0.3, -0.25) is 0 Å². The molecular formula is C15H16O2. The van der Waals surface area contributed by atoms with Crippen LogP contribution in [0.15, 0.2) is 42.5 Å². The van der Waals surface area contributed by atoms with Crippen LogP contribution in [-0.4, -0.2) is 14.2 Å². The van der Waals surface area contributed by atoms with E-state index < -0.39 is 0 Å². The molecule has 0 saturated heterocycles. The predicted molar refractivity (Wildman–Crippen MR) is 69.7 cm³/mol. The molecule has 0 fully saturated rings. The third-order valence-corrected chi connectivity index (χ3v) is 2.70. The first kappa shape index (κ1) is 11.5. The number of rotatable bonds is 3. The summed E-state index contributed by atoms with van der Waals surface area (Å²) in [5.41, 5.74) is 3.51. The molecule has 2 nitrogen and oxygen atoms in total. The van der Waals surface area contributed by atoms with E-state index in [1.165, 1.54) is 11.1 Å². The highest BCUT2D eigenvalue weighted by atomic mass is 16.5. The van der Waals surface area contributed by atoms with E-state index in [0.29, 0.717) is 0 Å². The Bertz CT molecular complexity index is 496. The summed E-state index contributed by atoms with van der Waals surface area (Å²) < 4.78 is 10.5. The van der Waals surface area contributed by atoms with Crippen molar-refractivity contribution in [3.8, 4) is 22.6 Å². The summed E-state index contributed by atoms with van der Waals surface area (Å²) in [7, 11) is 3.32. The number of benzene rings is 2. The van der Waals surface area contributed by atoms with E-state index >= 15 is 0 Å². The van der Waals surface area contributed by atoms with E-state index in [-0.39, 0.29) is 0 Å². The van der Waals surface area contributed by atoms with Gasteiger partial charge in [-0.25, -0.2) is 0 Å². The number of ether oxygens (including phenoxy) is 2. The minimum atomic E-state index is 0.806. The van der Waals surface area contributed by atoms with Crippen molar-refractivity contribution < 1.29 is 9.47 Å². The van der Waals surface area contributed by atoms with Crippen molar-refractivity contribution in [1.82, 2.24) is 0 Å². The first-order chi connectivity index (χ1) is 8.22. The molecule has 2 heteroatoms. The number of methoxy groups -OCH3 is 2. The molecule has 2 aromatic carbocycles. The summed E-state index contributed by atoms with van der Waals surface area (Å²) >= 11 is 0. The molecule has 0 atom stereocenters. The molecule has 0 aliphatic heterocycles. The van der Waals surface area contributed by atoms with Gasteiger partial charge in [-0.2, -0.15) is 0 Å². The smallest absolute Gasteiger partial charge is 0.123 e. The zero-order valence-corrected chi connectivity index (χ0v) is 10.4. The van der Waals surface area contributed by atoms with Crippen LogP contribution in [0.5, 0.6) is 11.5 Å². The minimum Gasteiger partial charge on any atom is -0.497 e. The molecule has 0 N–H and O–H groups in total. The van der Waals surface area contributed by atoms with Crippen molar-refractivity contribution >= 4 is 0 Å². The maximum absolute atomic E-state index is 5.27. The van der Waals surface area contributed by atoms with Crippen LogP contribution in [-0.2, 0) is 0 Å². The Hall–Kier alpha value is -1.96. The Kier molecular flexibility index (Phi) is 3.33. The van der Waals surface area contributed by atoms with Gasteiger partial charge < -0.3 is 9.47 Å². The molecule has 0 aliphatic carbocycles. The first-order valence-corrected chi connectivity index (χ1v) is 5.53. The van der Waals surface area contributed by atoms with Crippen molar-refractivity contribution in [2.45, 2.75) is 6.92 Å². The number of aryl methyl sites for hydroxylation is 1. The Labute approximate surface area is 102 Å². The second kappa shape index (κ2) is 4.91. The van der Waals surface area contributed by atoms with Crippen molar-refractivity contribution in [1.29, 1.82) is 0 Å². The Morgan fingerprint density at radius 1 is 0.765 bits per heavy atom. The molecule has 0 radical (unpaired) electrons. The minimum absolute atomic E-state index is 0.806. The summed E-state index contributed by atoms with van der Waals surface area (Å²) in [5.74, 6) is 1.61. The van der Waals surface area contributed by atoms with Crippen LogP contribution in [0.4, 0.5) is 0 Å². The van der Waals surface area contributed by atoms with E-state index in [0.717, 1.165) is 17.1 Å². The fourth-order valence-corrected chi connectivity index (χ4v) is 1.80. The zero-order valence-electron chi connectivity index (χ0n) is 10.4. The standard InChI is InChI=1S/C15H16O2/c1-11-5-4-6-12(7-11)13-8-14(16-2)10-15(9-13)17-3/h4-10H,1-3H3. The van der Waals surface area contributed by atoms with Crippen LogP contribution in [0.3, 0.4) is 0 Å². The fourth-order valence-electron chi connectivity index (χ4n) is 1.80. The Morgan fingerprint density at radius 2 is 1.41 bits per heavy atom. The monoisotopic (exact) mass is 228 g/mol. The highest BCUT2D eigenvalue weighted by molar-refractivity contribution is 5.67. The van der Waals surface area contributed by atoms with Gasteiger partial charge in [0.2, 0.25) is 0 Å². The summed E-state index contributed by atoms with van der Waals surface area (Å²) in [6.07, 6.45) is 0. The van der Waals surface area contributed by atoms with E-state index in [9.17, 15) is 0 Å². The maximum atomic E-state index is 5.27. The maximum Gasteiger partial charge on any atom is 0.123 e. The normalized spacial score (nSPS) is 10.1. The van der Waals surface area contributed by atoms with Crippen LogP contribution < -0.4 is 9.47 Å². The van der Waals surface area contributed by atoms with Gasteiger partial charge in [0.25, 0.3) is 0 Å². The third-order valence-electron chi connectivity index (χ3n) is 2.70. The van der Waals surface area contributed by atoms with Crippen LogP contribution in [0.1, 0.15) is 5.56 Å².